The fraction of sp³-hybridized carbons (Fsp3) is 0.214. The second kappa shape index (κ2) is 4.63. The molecule has 0 radical (unpaired) electrons. The van der Waals surface area contributed by atoms with Gasteiger partial charge >= 0.3 is 0 Å². The number of aryl methyl sites for hydroxylation is 2. The van der Waals surface area contributed by atoms with Crippen molar-refractivity contribution >= 4 is 0 Å². The first kappa shape index (κ1) is 11.7. The maximum atomic E-state index is 13.9. The Labute approximate surface area is 100 Å². The van der Waals surface area contributed by atoms with Gasteiger partial charge in [0.15, 0.2) is 0 Å². The van der Waals surface area contributed by atoms with Crippen molar-refractivity contribution in [2.24, 2.45) is 5.73 Å². The Morgan fingerprint density at radius 2 is 1.94 bits per heavy atom. The molecule has 0 aliphatic carbocycles. The summed E-state index contributed by atoms with van der Waals surface area (Å²) >= 11 is 0. The van der Waals surface area contributed by atoms with Crippen LogP contribution in [-0.2, 0) is 0 Å². The standard InChI is InChI=1S/C14H15FN2/c1-9-4-3-5-12(13(9)15)14(16)11-7-6-10(2)17-8-11/h3-8,14H,16H2,1-2H3. The van der Waals surface area contributed by atoms with Gasteiger partial charge in [-0.15, -0.1) is 0 Å². The average molecular weight is 230 g/mol. The van der Waals surface area contributed by atoms with Gasteiger partial charge in [0.05, 0.1) is 6.04 Å². The number of halogens is 1. The van der Waals surface area contributed by atoms with Gasteiger partial charge in [0, 0.05) is 17.5 Å². The molecule has 88 valence electrons. The highest BCUT2D eigenvalue weighted by Crippen LogP contribution is 2.23. The Balaban J connectivity index is 2.40. The summed E-state index contributed by atoms with van der Waals surface area (Å²) in [5.41, 5.74) is 8.92. The molecular weight excluding hydrogens is 215 g/mol. The van der Waals surface area contributed by atoms with Crippen molar-refractivity contribution in [3.8, 4) is 0 Å². The quantitative estimate of drug-likeness (QED) is 0.861. The van der Waals surface area contributed by atoms with Gasteiger partial charge in [-0.25, -0.2) is 4.39 Å². The Morgan fingerprint density at radius 1 is 1.18 bits per heavy atom. The van der Waals surface area contributed by atoms with E-state index in [0.717, 1.165) is 11.3 Å². The van der Waals surface area contributed by atoms with Crippen molar-refractivity contribution < 1.29 is 4.39 Å². The van der Waals surface area contributed by atoms with Gasteiger partial charge in [-0.2, -0.15) is 0 Å². The Morgan fingerprint density at radius 3 is 2.59 bits per heavy atom. The van der Waals surface area contributed by atoms with Gasteiger partial charge in [-0.05, 0) is 31.0 Å². The third-order valence-electron chi connectivity index (χ3n) is 2.85. The number of nitrogens with zero attached hydrogens (tertiary/aromatic N) is 1. The van der Waals surface area contributed by atoms with E-state index in [1.54, 1.807) is 25.3 Å². The molecule has 2 aromatic rings. The predicted octanol–water partition coefficient (Wildman–Crippen LogP) is 2.89. The van der Waals surface area contributed by atoms with Crippen LogP contribution in [0.4, 0.5) is 4.39 Å². The second-order valence-corrected chi connectivity index (χ2v) is 4.19. The van der Waals surface area contributed by atoms with Crippen LogP contribution in [0, 0.1) is 19.7 Å². The number of benzene rings is 1. The molecule has 1 aromatic carbocycles. The molecule has 1 atom stereocenters. The topological polar surface area (TPSA) is 38.9 Å². The third kappa shape index (κ3) is 2.34. The van der Waals surface area contributed by atoms with Crippen molar-refractivity contribution in [1.29, 1.82) is 0 Å². The van der Waals surface area contributed by atoms with Crippen LogP contribution < -0.4 is 5.73 Å². The fourth-order valence-electron chi connectivity index (χ4n) is 1.75. The molecule has 1 aromatic heterocycles. The van der Waals surface area contributed by atoms with Crippen molar-refractivity contribution in [1.82, 2.24) is 4.98 Å². The zero-order valence-electron chi connectivity index (χ0n) is 9.94. The maximum absolute atomic E-state index is 13.9. The lowest BCUT2D eigenvalue weighted by Crippen LogP contribution is -2.14. The van der Waals surface area contributed by atoms with Crippen molar-refractivity contribution in [3.05, 3.63) is 64.7 Å². The SMILES string of the molecule is Cc1ccc(C(N)c2cccc(C)c2F)cn1. The predicted molar refractivity (Wildman–Crippen MR) is 66.1 cm³/mol. The summed E-state index contributed by atoms with van der Waals surface area (Å²) in [6.45, 7) is 3.64. The highest BCUT2D eigenvalue weighted by molar-refractivity contribution is 5.34. The molecule has 3 heteroatoms. The molecule has 0 bridgehead atoms. The minimum atomic E-state index is -0.469. The summed E-state index contributed by atoms with van der Waals surface area (Å²) < 4.78 is 13.9. The number of hydrogen-bond acceptors (Lipinski definition) is 2. The van der Waals surface area contributed by atoms with Crippen LogP contribution in [0.5, 0.6) is 0 Å². The number of nitrogens with two attached hydrogens (primary N) is 1. The molecule has 0 saturated carbocycles. The number of aromatic nitrogens is 1. The van der Waals surface area contributed by atoms with Gasteiger partial charge in [0.1, 0.15) is 5.82 Å². The van der Waals surface area contributed by atoms with E-state index in [1.165, 1.54) is 0 Å². The van der Waals surface area contributed by atoms with Crippen LogP contribution in [0.3, 0.4) is 0 Å². The first-order valence-corrected chi connectivity index (χ1v) is 5.52. The lowest BCUT2D eigenvalue weighted by atomic mass is 9.98. The van der Waals surface area contributed by atoms with Crippen LogP contribution in [0.2, 0.25) is 0 Å². The van der Waals surface area contributed by atoms with Crippen LogP contribution >= 0.6 is 0 Å². The molecule has 0 saturated heterocycles. The van der Waals surface area contributed by atoms with E-state index in [4.69, 9.17) is 5.73 Å². The zero-order chi connectivity index (χ0) is 12.4. The van der Waals surface area contributed by atoms with Crippen LogP contribution in [-0.4, -0.2) is 4.98 Å². The molecule has 0 aliphatic rings. The fourth-order valence-corrected chi connectivity index (χ4v) is 1.75. The van der Waals surface area contributed by atoms with Gasteiger partial charge < -0.3 is 5.73 Å². The number of pyridine rings is 1. The van der Waals surface area contributed by atoms with E-state index < -0.39 is 6.04 Å². The van der Waals surface area contributed by atoms with Gasteiger partial charge in [-0.1, -0.05) is 24.3 Å². The van der Waals surface area contributed by atoms with E-state index >= 15 is 0 Å². The van der Waals surface area contributed by atoms with E-state index in [-0.39, 0.29) is 5.82 Å². The summed E-state index contributed by atoms with van der Waals surface area (Å²) in [6.07, 6.45) is 1.70. The summed E-state index contributed by atoms with van der Waals surface area (Å²) in [7, 11) is 0. The van der Waals surface area contributed by atoms with Crippen molar-refractivity contribution in [2.75, 3.05) is 0 Å². The zero-order valence-corrected chi connectivity index (χ0v) is 9.94. The van der Waals surface area contributed by atoms with Crippen molar-refractivity contribution in [3.63, 3.8) is 0 Å². The molecule has 2 N–H and O–H groups in total. The summed E-state index contributed by atoms with van der Waals surface area (Å²) in [4.78, 5) is 4.18. The summed E-state index contributed by atoms with van der Waals surface area (Å²) in [6, 6.07) is 8.56. The normalized spacial score (nSPS) is 12.5. The molecule has 17 heavy (non-hydrogen) atoms. The lowest BCUT2D eigenvalue weighted by Gasteiger charge is -2.14. The first-order chi connectivity index (χ1) is 8.09. The molecule has 0 aliphatic heterocycles. The van der Waals surface area contributed by atoms with Gasteiger partial charge in [0.25, 0.3) is 0 Å². The first-order valence-electron chi connectivity index (χ1n) is 5.52. The van der Waals surface area contributed by atoms with Crippen molar-refractivity contribution in [2.45, 2.75) is 19.9 Å². The minimum Gasteiger partial charge on any atom is -0.320 e. The molecule has 2 rings (SSSR count). The molecule has 2 nitrogen and oxygen atoms in total. The molecule has 1 heterocycles. The molecule has 1 unspecified atom stereocenters. The second-order valence-electron chi connectivity index (χ2n) is 4.19. The Hall–Kier alpha value is -1.74. The maximum Gasteiger partial charge on any atom is 0.131 e. The summed E-state index contributed by atoms with van der Waals surface area (Å²) in [5, 5.41) is 0. The summed E-state index contributed by atoms with van der Waals surface area (Å²) in [5.74, 6) is -0.236. The van der Waals surface area contributed by atoms with E-state index in [0.29, 0.717) is 11.1 Å². The molecule has 0 amide bonds. The average Bonchev–Trinajstić information content (AvgIpc) is 2.33. The Kier molecular flexibility index (Phi) is 3.20. The molecule has 0 fully saturated rings. The number of rotatable bonds is 2. The lowest BCUT2D eigenvalue weighted by molar-refractivity contribution is 0.591. The van der Waals surface area contributed by atoms with E-state index in [9.17, 15) is 4.39 Å². The van der Waals surface area contributed by atoms with Crippen LogP contribution in [0.1, 0.15) is 28.4 Å². The minimum absolute atomic E-state index is 0.236. The molecular formula is C14H15FN2. The molecule has 0 spiro atoms. The van der Waals surface area contributed by atoms with E-state index in [2.05, 4.69) is 4.98 Å². The van der Waals surface area contributed by atoms with Gasteiger partial charge in [-0.3, -0.25) is 4.98 Å². The van der Waals surface area contributed by atoms with Crippen LogP contribution in [0.15, 0.2) is 36.5 Å². The van der Waals surface area contributed by atoms with Gasteiger partial charge in [0.2, 0.25) is 0 Å². The third-order valence-corrected chi connectivity index (χ3v) is 2.85. The van der Waals surface area contributed by atoms with E-state index in [1.807, 2.05) is 25.1 Å². The Bertz CT molecular complexity index is 520. The smallest absolute Gasteiger partial charge is 0.131 e. The monoisotopic (exact) mass is 230 g/mol. The highest BCUT2D eigenvalue weighted by Gasteiger charge is 2.14. The van der Waals surface area contributed by atoms with Crippen LogP contribution in [0.25, 0.3) is 0 Å². The highest BCUT2D eigenvalue weighted by atomic mass is 19.1. The largest absolute Gasteiger partial charge is 0.320 e. The number of hydrogen-bond donors (Lipinski definition) is 1.